The van der Waals surface area contributed by atoms with Gasteiger partial charge in [0, 0.05) is 26.2 Å². The first-order chi connectivity index (χ1) is 7.22. The van der Waals surface area contributed by atoms with Gasteiger partial charge < -0.3 is 9.84 Å². The molecule has 0 spiro atoms. The van der Waals surface area contributed by atoms with Gasteiger partial charge in [-0.2, -0.15) is 0 Å². The molecule has 1 aliphatic carbocycles. The number of nitrogens with zero attached hydrogens (tertiary/aromatic N) is 1. The molecular weight excluding hydrogens is 190 g/mol. The summed E-state index contributed by atoms with van der Waals surface area (Å²) in [6, 6.07) is 0. The SMILES string of the molecule is CCOC1CCN(CC2(O)CCCC2)C1. The van der Waals surface area contributed by atoms with Gasteiger partial charge in [0.25, 0.3) is 0 Å². The molecule has 0 amide bonds. The molecule has 1 aliphatic heterocycles. The van der Waals surface area contributed by atoms with E-state index in [-0.39, 0.29) is 5.60 Å². The lowest BCUT2D eigenvalue weighted by atomic mass is 10.0. The van der Waals surface area contributed by atoms with Crippen molar-refractivity contribution in [2.24, 2.45) is 0 Å². The van der Waals surface area contributed by atoms with Crippen LogP contribution in [0.4, 0.5) is 0 Å². The fourth-order valence-electron chi connectivity index (χ4n) is 2.92. The molecule has 1 saturated carbocycles. The summed E-state index contributed by atoms with van der Waals surface area (Å²) < 4.78 is 5.61. The molecule has 1 atom stereocenters. The number of ether oxygens (including phenoxy) is 1. The van der Waals surface area contributed by atoms with Crippen molar-refractivity contribution in [3.8, 4) is 0 Å². The number of rotatable bonds is 4. The van der Waals surface area contributed by atoms with Crippen LogP contribution in [0.5, 0.6) is 0 Å². The minimum absolute atomic E-state index is 0.388. The van der Waals surface area contributed by atoms with Crippen molar-refractivity contribution >= 4 is 0 Å². The second kappa shape index (κ2) is 4.81. The van der Waals surface area contributed by atoms with E-state index in [1.165, 1.54) is 12.8 Å². The lowest BCUT2D eigenvalue weighted by Gasteiger charge is -2.28. The highest BCUT2D eigenvalue weighted by atomic mass is 16.5. The molecule has 15 heavy (non-hydrogen) atoms. The van der Waals surface area contributed by atoms with Gasteiger partial charge in [-0.1, -0.05) is 12.8 Å². The molecule has 2 fully saturated rings. The normalized spacial score (nSPS) is 31.2. The topological polar surface area (TPSA) is 32.7 Å². The van der Waals surface area contributed by atoms with Crippen molar-refractivity contribution in [3.05, 3.63) is 0 Å². The first-order valence-electron chi connectivity index (χ1n) is 6.28. The minimum atomic E-state index is -0.388. The molecule has 88 valence electrons. The molecule has 1 unspecified atom stereocenters. The van der Waals surface area contributed by atoms with Crippen LogP contribution in [0.1, 0.15) is 39.0 Å². The lowest BCUT2D eigenvalue weighted by molar-refractivity contribution is 0.00810. The van der Waals surface area contributed by atoms with E-state index in [2.05, 4.69) is 4.90 Å². The highest BCUT2D eigenvalue weighted by molar-refractivity contribution is 4.89. The summed E-state index contributed by atoms with van der Waals surface area (Å²) in [6.45, 7) is 5.82. The number of hydrogen-bond acceptors (Lipinski definition) is 3. The third kappa shape index (κ3) is 2.92. The van der Waals surface area contributed by atoms with E-state index in [0.29, 0.717) is 6.10 Å². The van der Waals surface area contributed by atoms with Crippen molar-refractivity contribution in [1.29, 1.82) is 0 Å². The zero-order valence-electron chi connectivity index (χ0n) is 9.74. The van der Waals surface area contributed by atoms with Crippen molar-refractivity contribution < 1.29 is 9.84 Å². The van der Waals surface area contributed by atoms with E-state index >= 15 is 0 Å². The summed E-state index contributed by atoms with van der Waals surface area (Å²) in [6.07, 6.45) is 5.90. The monoisotopic (exact) mass is 213 g/mol. The molecule has 1 saturated heterocycles. The zero-order chi connectivity index (χ0) is 10.7. The Bertz CT molecular complexity index is 202. The molecule has 0 aromatic heterocycles. The maximum Gasteiger partial charge on any atom is 0.0774 e. The predicted octanol–water partition coefficient (Wildman–Crippen LogP) is 1.40. The van der Waals surface area contributed by atoms with Gasteiger partial charge in [-0.15, -0.1) is 0 Å². The molecule has 0 aromatic carbocycles. The van der Waals surface area contributed by atoms with Crippen LogP contribution >= 0.6 is 0 Å². The van der Waals surface area contributed by atoms with Crippen LogP contribution in [-0.2, 0) is 4.74 Å². The van der Waals surface area contributed by atoms with E-state index in [0.717, 1.165) is 45.5 Å². The Balaban J connectivity index is 1.76. The summed E-state index contributed by atoms with van der Waals surface area (Å²) in [5, 5.41) is 10.3. The Morgan fingerprint density at radius 1 is 1.40 bits per heavy atom. The van der Waals surface area contributed by atoms with Crippen LogP contribution in [0.25, 0.3) is 0 Å². The molecule has 1 N–H and O–H groups in total. The quantitative estimate of drug-likeness (QED) is 0.766. The Kier molecular flexibility index (Phi) is 3.65. The first-order valence-corrected chi connectivity index (χ1v) is 6.28. The molecule has 2 rings (SSSR count). The summed E-state index contributed by atoms with van der Waals surface area (Å²) in [7, 11) is 0. The van der Waals surface area contributed by atoms with E-state index in [4.69, 9.17) is 4.74 Å². The Hall–Kier alpha value is -0.120. The van der Waals surface area contributed by atoms with Crippen molar-refractivity contribution in [2.45, 2.75) is 50.7 Å². The number of hydrogen-bond donors (Lipinski definition) is 1. The van der Waals surface area contributed by atoms with Gasteiger partial charge in [0.15, 0.2) is 0 Å². The molecule has 2 aliphatic rings. The Morgan fingerprint density at radius 2 is 2.13 bits per heavy atom. The predicted molar refractivity (Wildman–Crippen MR) is 59.9 cm³/mol. The Labute approximate surface area is 92.4 Å². The van der Waals surface area contributed by atoms with Gasteiger partial charge in [0.2, 0.25) is 0 Å². The average Bonchev–Trinajstić information content (AvgIpc) is 2.77. The van der Waals surface area contributed by atoms with Crippen molar-refractivity contribution in [3.63, 3.8) is 0 Å². The summed E-state index contributed by atoms with van der Waals surface area (Å²) in [4.78, 5) is 2.37. The maximum atomic E-state index is 10.3. The van der Waals surface area contributed by atoms with Gasteiger partial charge in [0.1, 0.15) is 0 Å². The van der Waals surface area contributed by atoms with Crippen LogP contribution < -0.4 is 0 Å². The standard InChI is InChI=1S/C12H23NO2/c1-2-15-11-5-8-13(9-11)10-12(14)6-3-4-7-12/h11,14H,2-10H2,1H3. The van der Waals surface area contributed by atoms with Crippen LogP contribution in [0.15, 0.2) is 0 Å². The van der Waals surface area contributed by atoms with Crippen LogP contribution in [0, 0.1) is 0 Å². The van der Waals surface area contributed by atoms with Gasteiger partial charge in [-0.25, -0.2) is 0 Å². The number of β-amino-alcohol motifs (C(OH)–C–C–N with tert-alkyl or cyclic N) is 1. The van der Waals surface area contributed by atoms with Crippen LogP contribution in [-0.4, -0.2) is 48.0 Å². The molecule has 0 aromatic rings. The van der Waals surface area contributed by atoms with E-state index < -0.39 is 0 Å². The van der Waals surface area contributed by atoms with Crippen LogP contribution in [0.2, 0.25) is 0 Å². The molecular formula is C12H23NO2. The summed E-state index contributed by atoms with van der Waals surface area (Å²) in [5.74, 6) is 0. The number of likely N-dealkylation sites (tertiary alicyclic amines) is 1. The maximum absolute atomic E-state index is 10.3. The average molecular weight is 213 g/mol. The van der Waals surface area contributed by atoms with Crippen molar-refractivity contribution in [2.75, 3.05) is 26.2 Å². The highest BCUT2D eigenvalue weighted by Crippen LogP contribution is 2.31. The highest BCUT2D eigenvalue weighted by Gasteiger charge is 2.35. The molecule has 0 radical (unpaired) electrons. The fraction of sp³-hybridized carbons (Fsp3) is 1.00. The molecule has 3 heteroatoms. The fourth-order valence-corrected chi connectivity index (χ4v) is 2.92. The van der Waals surface area contributed by atoms with Gasteiger partial charge in [-0.3, -0.25) is 4.90 Å². The van der Waals surface area contributed by atoms with Gasteiger partial charge in [0.05, 0.1) is 11.7 Å². The van der Waals surface area contributed by atoms with E-state index in [1.807, 2.05) is 6.92 Å². The van der Waals surface area contributed by atoms with Crippen LogP contribution in [0.3, 0.4) is 0 Å². The second-order valence-corrected chi connectivity index (χ2v) is 5.03. The minimum Gasteiger partial charge on any atom is -0.389 e. The molecule has 0 bridgehead atoms. The summed E-state index contributed by atoms with van der Waals surface area (Å²) >= 11 is 0. The smallest absolute Gasteiger partial charge is 0.0774 e. The third-order valence-corrected chi connectivity index (χ3v) is 3.68. The largest absolute Gasteiger partial charge is 0.389 e. The van der Waals surface area contributed by atoms with E-state index in [1.54, 1.807) is 0 Å². The number of aliphatic hydroxyl groups is 1. The third-order valence-electron chi connectivity index (χ3n) is 3.68. The lowest BCUT2D eigenvalue weighted by Crippen LogP contribution is -2.40. The van der Waals surface area contributed by atoms with Gasteiger partial charge in [-0.05, 0) is 26.2 Å². The summed E-state index contributed by atoms with van der Waals surface area (Å²) in [5.41, 5.74) is -0.388. The Morgan fingerprint density at radius 3 is 2.80 bits per heavy atom. The first kappa shape index (κ1) is 11.4. The van der Waals surface area contributed by atoms with E-state index in [9.17, 15) is 5.11 Å². The molecule has 3 nitrogen and oxygen atoms in total. The zero-order valence-corrected chi connectivity index (χ0v) is 9.74. The van der Waals surface area contributed by atoms with Gasteiger partial charge >= 0.3 is 0 Å². The van der Waals surface area contributed by atoms with Crippen molar-refractivity contribution in [1.82, 2.24) is 4.90 Å². The second-order valence-electron chi connectivity index (χ2n) is 5.03. The molecule has 1 heterocycles.